The molecule has 1 aliphatic rings. The number of carbonyl (C=O) groups is 1. The maximum atomic E-state index is 13.2. The molecule has 1 aromatic carbocycles. The molecule has 3 aromatic rings. The number of ether oxygens (including phenoxy) is 1. The van der Waals surface area contributed by atoms with Crippen molar-refractivity contribution in [2.24, 2.45) is 5.73 Å². The summed E-state index contributed by atoms with van der Waals surface area (Å²) in [4.78, 5) is 20.7. The lowest BCUT2D eigenvalue weighted by atomic mass is 9.89. The lowest BCUT2D eigenvalue weighted by molar-refractivity contribution is -0.140. The summed E-state index contributed by atoms with van der Waals surface area (Å²) in [6.45, 7) is 1.62. The van der Waals surface area contributed by atoms with Crippen molar-refractivity contribution in [3.05, 3.63) is 41.4 Å². The van der Waals surface area contributed by atoms with Crippen LogP contribution >= 0.6 is 0 Å². The Morgan fingerprint density at radius 3 is 2.59 bits per heavy atom. The number of oxazole rings is 1. The van der Waals surface area contributed by atoms with Crippen LogP contribution in [-0.2, 0) is 6.18 Å². The smallest absolute Gasteiger partial charge is 0.433 e. The van der Waals surface area contributed by atoms with Gasteiger partial charge >= 0.3 is 6.18 Å². The van der Waals surface area contributed by atoms with Gasteiger partial charge in [0, 0.05) is 17.0 Å². The number of alkyl halides is 3. The van der Waals surface area contributed by atoms with E-state index >= 15 is 0 Å². The van der Waals surface area contributed by atoms with Crippen LogP contribution in [0.1, 0.15) is 47.7 Å². The number of hydrogen-bond donors (Lipinski definition) is 3. The summed E-state index contributed by atoms with van der Waals surface area (Å²) < 4.78 is 50.4. The van der Waals surface area contributed by atoms with E-state index < -0.39 is 29.9 Å². The molecule has 1 aliphatic carbocycles. The van der Waals surface area contributed by atoms with Gasteiger partial charge in [0.25, 0.3) is 5.91 Å². The van der Waals surface area contributed by atoms with Gasteiger partial charge in [0.15, 0.2) is 11.5 Å². The van der Waals surface area contributed by atoms with E-state index in [4.69, 9.17) is 14.9 Å². The van der Waals surface area contributed by atoms with Gasteiger partial charge in [0.1, 0.15) is 17.0 Å². The minimum absolute atomic E-state index is 0.0137. The SMILES string of the molecule is COc1ccc(-c2nc(C(=O)N[C@H]3C[C@@H](O)C3)c([C@H](C)N)o2)c2ccc(C(F)(F)F)nc12. The Bertz CT molecular complexity index is 1170. The zero-order valence-corrected chi connectivity index (χ0v) is 17.2. The van der Waals surface area contributed by atoms with E-state index in [0.29, 0.717) is 23.8 Å². The second-order valence-electron chi connectivity index (χ2n) is 7.72. The first-order chi connectivity index (χ1) is 15.1. The highest BCUT2D eigenvalue weighted by molar-refractivity contribution is 5.98. The summed E-state index contributed by atoms with van der Waals surface area (Å²) in [5, 5.41) is 12.5. The van der Waals surface area contributed by atoms with E-state index in [1.165, 1.54) is 19.2 Å². The van der Waals surface area contributed by atoms with Crippen LogP contribution in [0.15, 0.2) is 28.7 Å². The molecule has 11 heteroatoms. The van der Waals surface area contributed by atoms with Crippen molar-refractivity contribution >= 4 is 16.8 Å². The molecule has 2 heterocycles. The number of aliphatic hydroxyl groups is 1. The van der Waals surface area contributed by atoms with Crippen molar-refractivity contribution < 1.29 is 32.2 Å². The van der Waals surface area contributed by atoms with E-state index in [2.05, 4.69) is 15.3 Å². The van der Waals surface area contributed by atoms with Gasteiger partial charge in [0.05, 0.1) is 19.3 Å². The molecule has 0 saturated heterocycles. The van der Waals surface area contributed by atoms with Gasteiger partial charge in [-0.25, -0.2) is 9.97 Å². The second-order valence-corrected chi connectivity index (χ2v) is 7.72. The number of nitrogens with one attached hydrogen (secondary N) is 1. The summed E-state index contributed by atoms with van der Waals surface area (Å²) in [5.41, 5.74) is 5.20. The summed E-state index contributed by atoms with van der Waals surface area (Å²) in [7, 11) is 1.33. The average molecular weight is 450 g/mol. The highest BCUT2D eigenvalue weighted by Crippen LogP contribution is 2.37. The van der Waals surface area contributed by atoms with Crippen molar-refractivity contribution in [1.82, 2.24) is 15.3 Å². The maximum Gasteiger partial charge on any atom is 0.433 e. The summed E-state index contributed by atoms with van der Waals surface area (Å²) in [6, 6.07) is 4.30. The molecule has 1 fully saturated rings. The van der Waals surface area contributed by atoms with E-state index in [-0.39, 0.29) is 34.7 Å². The highest BCUT2D eigenvalue weighted by Gasteiger charge is 2.34. The molecular formula is C21H21F3N4O4. The van der Waals surface area contributed by atoms with Gasteiger partial charge in [0.2, 0.25) is 5.89 Å². The molecule has 1 atom stereocenters. The molecule has 4 N–H and O–H groups in total. The molecule has 1 saturated carbocycles. The Kier molecular flexibility index (Phi) is 5.55. The van der Waals surface area contributed by atoms with Crippen LogP contribution in [0, 0.1) is 0 Å². The Morgan fingerprint density at radius 2 is 2.00 bits per heavy atom. The molecule has 0 aliphatic heterocycles. The van der Waals surface area contributed by atoms with Gasteiger partial charge in [-0.2, -0.15) is 13.2 Å². The highest BCUT2D eigenvalue weighted by atomic mass is 19.4. The van der Waals surface area contributed by atoms with Crippen molar-refractivity contribution in [2.75, 3.05) is 7.11 Å². The minimum atomic E-state index is -4.62. The molecule has 170 valence electrons. The fraction of sp³-hybridized carbons (Fsp3) is 0.381. The summed E-state index contributed by atoms with van der Waals surface area (Å²) in [6.07, 6.45) is -4.18. The number of rotatable bonds is 5. The Balaban J connectivity index is 1.79. The molecule has 1 amide bonds. The summed E-state index contributed by atoms with van der Waals surface area (Å²) in [5.74, 6) is -0.193. The number of benzene rings is 1. The Labute approximate surface area is 180 Å². The fourth-order valence-corrected chi connectivity index (χ4v) is 3.58. The van der Waals surface area contributed by atoms with Crippen molar-refractivity contribution in [3.8, 4) is 17.2 Å². The predicted molar refractivity (Wildman–Crippen MR) is 108 cm³/mol. The van der Waals surface area contributed by atoms with Crippen LogP contribution in [0.2, 0.25) is 0 Å². The Hall–Kier alpha value is -3.18. The molecule has 4 rings (SSSR count). The Morgan fingerprint density at radius 1 is 1.28 bits per heavy atom. The number of methoxy groups -OCH3 is 1. The number of halogens is 3. The van der Waals surface area contributed by atoms with Crippen LogP contribution in [-0.4, -0.2) is 40.2 Å². The predicted octanol–water partition coefficient (Wildman–Crippen LogP) is 3.19. The average Bonchev–Trinajstić information content (AvgIpc) is 3.16. The zero-order chi connectivity index (χ0) is 23.2. The number of aliphatic hydroxyl groups excluding tert-OH is 1. The molecule has 32 heavy (non-hydrogen) atoms. The van der Waals surface area contributed by atoms with Crippen molar-refractivity contribution in [2.45, 2.75) is 44.1 Å². The quantitative estimate of drug-likeness (QED) is 0.545. The largest absolute Gasteiger partial charge is 0.494 e. The lowest BCUT2D eigenvalue weighted by Gasteiger charge is -2.31. The molecule has 0 radical (unpaired) electrons. The topological polar surface area (TPSA) is 124 Å². The minimum Gasteiger partial charge on any atom is -0.494 e. The number of aromatic nitrogens is 2. The fourth-order valence-electron chi connectivity index (χ4n) is 3.58. The first-order valence-electron chi connectivity index (χ1n) is 9.89. The van der Waals surface area contributed by atoms with Gasteiger partial charge in [-0.05, 0) is 44.0 Å². The van der Waals surface area contributed by atoms with Crippen molar-refractivity contribution in [1.29, 1.82) is 0 Å². The van der Waals surface area contributed by atoms with Crippen LogP contribution in [0.5, 0.6) is 5.75 Å². The molecule has 8 nitrogen and oxygen atoms in total. The maximum absolute atomic E-state index is 13.2. The third-order valence-electron chi connectivity index (χ3n) is 5.29. The normalized spacial score (nSPS) is 19.5. The van der Waals surface area contributed by atoms with Gasteiger partial charge in [-0.15, -0.1) is 0 Å². The van der Waals surface area contributed by atoms with E-state index in [9.17, 15) is 23.1 Å². The number of fused-ring (bicyclic) bond motifs is 1. The number of amides is 1. The zero-order valence-electron chi connectivity index (χ0n) is 17.2. The number of hydrogen-bond acceptors (Lipinski definition) is 7. The van der Waals surface area contributed by atoms with E-state index in [1.54, 1.807) is 13.0 Å². The van der Waals surface area contributed by atoms with E-state index in [1.807, 2.05) is 0 Å². The van der Waals surface area contributed by atoms with Crippen LogP contribution in [0.4, 0.5) is 13.2 Å². The van der Waals surface area contributed by atoms with Gasteiger partial charge in [-0.1, -0.05) is 0 Å². The second kappa shape index (κ2) is 8.06. The monoisotopic (exact) mass is 450 g/mol. The first-order valence-corrected chi connectivity index (χ1v) is 9.89. The third kappa shape index (κ3) is 4.00. The number of carbonyl (C=O) groups excluding carboxylic acids is 1. The molecule has 0 bridgehead atoms. The third-order valence-corrected chi connectivity index (χ3v) is 5.29. The number of nitrogens with two attached hydrogens (primary N) is 1. The lowest BCUT2D eigenvalue weighted by Crippen LogP contribution is -2.47. The molecule has 0 spiro atoms. The molecule has 2 aromatic heterocycles. The van der Waals surface area contributed by atoms with Crippen LogP contribution in [0.3, 0.4) is 0 Å². The number of nitrogens with zero attached hydrogens (tertiary/aromatic N) is 2. The van der Waals surface area contributed by atoms with E-state index in [0.717, 1.165) is 6.07 Å². The van der Waals surface area contributed by atoms with Crippen molar-refractivity contribution in [3.63, 3.8) is 0 Å². The summed E-state index contributed by atoms with van der Waals surface area (Å²) >= 11 is 0. The molecule has 0 unspecified atom stereocenters. The van der Waals surface area contributed by atoms with Gasteiger partial charge in [-0.3, -0.25) is 4.79 Å². The first kappa shape index (κ1) is 22.0. The van der Waals surface area contributed by atoms with Gasteiger partial charge < -0.3 is 25.3 Å². The van der Waals surface area contributed by atoms with Crippen LogP contribution < -0.4 is 15.8 Å². The van der Waals surface area contributed by atoms with Crippen LogP contribution in [0.25, 0.3) is 22.4 Å². The molecular weight excluding hydrogens is 429 g/mol. The standard InChI is InChI=1S/C21H21F3N4O4/c1-9(25)18-17(19(30)26-10-7-11(29)8-10)28-20(32-18)13-3-5-14(31-2)16-12(13)4-6-15(27-16)21(22,23)24/h3-6,9-11,29H,7-8,25H2,1-2H3,(H,26,30)/t9-,10-,11+/m0/s1. The number of pyridine rings is 1.